The minimum atomic E-state index is -0.596. The molecule has 0 radical (unpaired) electrons. The van der Waals surface area contributed by atoms with E-state index >= 15 is 0 Å². The molecule has 0 unspecified atom stereocenters. The number of pyridine rings is 1. The molecule has 1 saturated carbocycles. The van der Waals surface area contributed by atoms with E-state index in [9.17, 15) is 4.79 Å². The van der Waals surface area contributed by atoms with Crippen molar-refractivity contribution in [1.82, 2.24) is 10.3 Å². The molecule has 0 spiro atoms. The number of nitrogens with two attached hydrogens (primary N) is 1. The molecule has 3 N–H and O–H groups in total. The topological polar surface area (TPSA) is 68.0 Å². The van der Waals surface area contributed by atoms with Gasteiger partial charge in [-0.15, -0.1) is 0 Å². The smallest absolute Gasteiger partial charge is 0.240 e. The molecule has 0 aromatic carbocycles. The van der Waals surface area contributed by atoms with Gasteiger partial charge in [0.15, 0.2) is 0 Å². The highest BCUT2D eigenvalue weighted by Gasteiger charge is 2.45. The summed E-state index contributed by atoms with van der Waals surface area (Å²) in [6.07, 6.45) is 4.26. The number of hydrogen-bond donors (Lipinski definition) is 2. The van der Waals surface area contributed by atoms with Crippen LogP contribution in [0, 0.1) is 0 Å². The molecule has 16 heavy (non-hydrogen) atoms. The van der Waals surface area contributed by atoms with Crippen molar-refractivity contribution in [2.75, 3.05) is 0 Å². The quantitative estimate of drug-likeness (QED) is 0.785. The Morgan fingerprint density at radius 1 is 1.62 bits per heavy atom. The highest BCUT2D eigenvalue weighted by molar-refractivity contribution is 5.88. The molecule has 4 nitrogen and oxygen atoms in total. The van der Waals surface area contributed by atoms with Crippen molar-refractivity contribution in [2.45, 2.75) is 38.3 Å². The third-order valence-corrected chi connectivity index (χ3v) is 3.02. The van der Waals surface area contributed by atoms with E-state index in [-0.39, 0.29) is 5.91 Å². The van der Waals surface area contributed by atoms with Crippen molar-refractivity contribution in [3.05, 3.63) is 29.6 Å². The third-order valence-electron chi connectivity index (χ3n) is 3.02. The minimum absolute atomic E-state index is 0.0554. The number of aromatic nitrogens is 1. The van der Waals surface area contributed by atoms with Crippen LogP contribution in [0.2, 0.25) is 0 Å². The fourth-order valence-corrected chi connectivity index (χ4v) is 1.65. The second kappa shape index (κ2) is 4.22. The normalized spacial score (nSPS) is 16.9. The van der Waals surface area contributed by atoms with Gasteiger partial charge in [0.05, 0.1) is 17.8 Å². The molecule has 2 rings (SSSR count). The lowest BCUT2D eigenvalue weighted by Crippen LogP contribution is -2.42. The first-order chi connectivity index (χ1) is 7.65. The van der Waals surface area contributed by atoms with E-state index in [1.807, 2.05) is 12.1 Å². The van der Waals surface area contributed by atoms with Gasteiger partial charge >= 0.3 is 0 Å². The molecular weight excluding hydrogens is 202 g/mol. The number of rotatable bonds is 4. The molecule has 1 heterocycles. The molecule has 1 aromatic rings. The summed E-state index contributed by atoms with van der Waals surface area (Å²) >= 11 is 0. The lowest BCUT2D eigenvalue weighted by Gasteiger charge is -2.11. The van der Waals surface area contributed by atoms with Gasteiger partial charge in [0.2, 0.25) is 5.91 Å². The van der Waals surface area contributed by atoms with Crippen LogP contribution in [0.3, 0.4) is 0 Å². The predicted molar refractivity (Wildman–Crippen MR) is 61.6 cm³/mol. The maximum absolute atomic E-state index is 11.6. The summed E-state index contributed by atoms with van der Waals surface area (Å²) in [7, 11) is 0. The van der Waals surface area contributed by atoms with Gasteiger partial charge in [0.25, 0.3) is 0 Å². The fourth-order valence-electron chi connectivity index (χ4n) is 1.65. The van der Waals surface area contributed by atoms with Gasteiger partial charge < -0.3 is 11.1 Å². The van der Waals surface area contributed by atoms with Crippen molar-refractivity contribution in [3.8, 4) is 0 Å². The Balaban J connectivity index is 1.96. The standard InChI is InChI=1S/C12H17N3O/c1-2-9-4-3-7-14-10(9)8-15-11(16)12(13)5-6-12/h3-4,7H,2,5-6,8,13H2,1H3,(H,15,16). The number of hydrogen-bond acceptors (Lipinski definition) is 3. The fraction of sp³-hybridized carbons (Fsp3) is 0.500. The zero-order valence-corrected chi connectivity index (χ0v) is 9.49. The number of carbonyl (C=O) groups is 1. The average molecular weight is 219 g/mol. The average Bonchev–Trinajstić information content (AvgIpc) is 3.06. The summed E-state index contributed by atoms with van der Waals surface area (Å²) in [5.41, 5.74) is 7.30. The number of aryl methyl sites for hydroxylation is 1. The van der Waals surface area contributed by atoms with E-state index in [4.69, 9.17) is 5.73 Å². The van der Waals surface area contributed by atoms with Crippen LogP contribution in [-0.2, 0) is 17.8 Å². The van der Waals surface area contributed by atoms with E-state index in [1.54, 1.807) is 6.20 Å². The zero-order valence-electron chi connectivity index (χ0n) is 9.49. The van der Waals surface area contributed by atoms with Crippen LogP contribution in [0.5, 0.6) is 0 Å². The summed E-state index contributed by atoms with van der Waals surface area (Å²) in [4.78, 5) is 15.9. The van der Waals surface area contributed by atoms with E-state index in [0.717, 1.165) is 25.0 Å². The molecule has 1 aliphatic rings. The SMILES string of the molecule is CCc1cccnc1CNC(=O)C1(N)CC1. The highest BCUT2D eigenvalue weighted by Crippen LogP contribution is 2.32. The van der Waals surface area contributed by atoms with Gasteiger partial charge in [-0.05, 0) is 30.9 Å². The van der Waals surface area contributed by atoms with Crippen molar-refractivity contribution < 1.29 is 4.79 Å². The van der Waals surface area contributed by atoms with Crippen LogP contribution in [0.4, 0.5) is 0 Å². The van der Waals surface area contributed by atoms with Crippen molar-refractivity contribution in [2.24, 2.45) is 5.73 Å². The highest BCUT2D eigenvalue weighted by atomic mass is 16.2. The number of nitrogens with zero attached hydrogens (tertiary/aromatic N) is 1. The van der Waals surface area contributed by atoms with Crippen LogP contribution in [0.25, 0.3) is 0 Å². The molecule has 0 bridgehead atoms. The van der Waals surface area contributed by atoms with Crippen LogP contribution in [-0.4, -0.2) is 16.4 Å². The number of amides is 1. The van der Waals surface area contributed by atoms with E-state index in [0.29, 0.717) is 6.54 Å². The van der Waals surface area contributed by atoms with Gasteiger partial charge in [0, 0.05) is 6.20 Å². The van der Waals surface area contributed by atoms with Crippen LogP contribution >= 0.6 is 0 Å². The minimum Gasteiger partial charge on any atom is -0.349 e. The third kappa shape index (κ3) is 2.22. The molecule has 0 saturated heterocycles. The van der Waals surface area contributed by atoms with E-state index < -0.39 is 5.54 Å². The van der Waals surface area contributed by atoms with Gasteiger partial charge in [-0.3, -0.25) is 9.78 Å². The molecule has 1 fully saturated rings. The lowest BCUT2D eigenvalue weighted by atomic mass is 10.1. The van der Waals surface area contributed by atoms with E-state index in [1.165, 1.54) is 5.56 Å². The lowest BCUT2D eigenvalue weighted by molar-refractivity contribution is -0.123. The summed E-state index contributed by atoms with van der Waals surface area (Å²) in [6, 6.07) is 3.94. The van der Waals surface area contributed by atoms with Crippen molar-refractivity contribution >= 4 is 5.91 Å². The Bertz CT molecular complexity index is 399. The van der Waals surface area contributed by atoms with E-state index in [2.05, 4.69) is 17.2 Å². The van der Waals surface area contributed by atoms with Crippen molar-refractivity contribution in [3.63, 3.8) is 0 Å². The van der Waals surface area contributed by atoms with Crippen molar-refractivity contribution in [1.29, 1.82) is 0 Å². The molecule has 1 aromatic heterocycles. The predicted octanol–water partition coefficient (Wildman–Crippen LogP) is 0.751. The second-order valence-electron chi connectivity index (χ2n) is 4.30. The van der Waals surface area contributed by atoms with Gasteiger partial charge in [0.1, 0.15) is 0 Å². The maximum Gasteiger partial charge on any atom is 0.240 e. The summed E-state index contributed by atoms with van der Waals surface area (Å²) < 4.78 is 0. The Hall–Kier alpha value is -1.42. The van der Waals surface area contributed by atoms with Crippen LogP contribution in [0.15, 0.2) is 18.3 Å². The summed E-state index contributed by atoms with van der Waals surface area (Å²) in [6.45, 7) is 2.55. The van der Waals surface area contributed by atoms with Gasteiger partial charge in [-0.1, -0.05) is 13.0 Å². The zero-order chi connectivity index (χ0) is 11.6. The van der Waals surface area contributed by atoms with Gasteiger partial charge in [-0.25, -0.2) is 0 Å². The first kappa shape index (κ1) is 11.1. The first-order valence-corrected chi connectivity index (χ1v) is 5.65. The second-order valence-corrected chi connectivity index (χ2v) is 4.30. The first-order valence-electron chi connectivity index (χ1n) is 5.65. The van der Waals surface area contributed by atoms with Gasteiger partial charge in [-0.2, -0.15) is 0 Å². The summed E-state index contributed by atoms with van der Waals surface area (Å²) in [5, 5.41) is 2.85. The Morgan fingerprint density at radius 3 is 3.00 bits per heavy atom. The molecule has 0 aliphatic heterocycles. The maximum atomic E-state index is 11.6. The molecule has 86 valence electrons. The van der Waals surface area contributed by atoms with Crippen LogP contribution in [0.1, 0.15) is 31.0 Å². The molecule has 1 aliphatic carbocycles. The molecule has 1 amide bonds. The number of nitrogens with one attached hydrogen (secondary N) is 1. The molecule has 4 heteroatoms. The van der Waals surface area contributed by atoms with Crippen LogP contribution < -0.4 is 11.1 Å². The summed E-state index contributed by atoms with van der Waals surface area (Å²) in [5.74, 6) is -0.0554. The molecule has 0 atom stereocenters. The molecular formula is C12H17N3O. The monoisotopic (exact) mass is 219 g/mol. The number of carbonyl (C=O) groups excluding carboxylic acids is 1. The Morgan fingerprint density at radius 2 is 2.38 bits per heavy atom. The largest absolute Gasteiger partial charge is 0.349 e. The Labute approximate surface area is 95.3 Å². The Kier molecular flexibility index (Phi) is 2.92.